The van der Waals surface area contributed by atoms with Crippen LogP contribution in [0.3, 0.4) is 0 Å². The van der Waals surface area contributed by atoms with Crippen molar-refractivity contribution >= 4 is 11.9 Å². The van der Waals surface area contributed by atoms with Gasteiger partial charge in [0.25, 0.3) is 0 Å². The Balaban J connectivity index is 0.000000487. The number of rotatable bonds is 3. The third-order valence-corrected chi connectivity index (χ3v) is 2.11. The number of hydrogen-bond donors (Lipinski definition) is 2. The van der Waals surface area contributed by atoms with Gasteiger partial charge >= 0.3 is 11.9 Å². The average molecular weight is 226 g/mol. The maximum absolute atomic E-state index is 10.5. The van der Waals surface area contributed by atoms with E-state index in [2.05, 4.69) is 13.8 Å². The molecule has 2 N–H and O–H groups in total. The molecule has 0 spiro atoms. The molecule has 0 aromatic carbocycles. The van der Waals surface area contributed by atoms with Gasteiger partial charge in [0.15, 0.2) is 0 Å². The molecule has 16 heavy (non-hydrogen) atoms. The van der Waals surface area contributed by atoms with Crippen LogP contribution in [-0.4, -0.2) is 22.2 Å². The molecular formula is C12H18O4. The van der Waals surface area contributed by atoms with Crippen LogP contribution in [0.25, 0.3) is 0 Å². The summed E-state index contributed by atoms with van der Waals surface area (Å²) in [6, 6.07) is 0. The molecule has 0 radical (unpaired) electrons. The van der Waals surface area contributed by atoms with Crippen LogP contribution in [-0.2, 0) is 9.59 Å². The van der Waals surface area contributed by atoms with Crippen molar-refractivity contribution in [3.8, 4) is 0 Å². The summed E-state index contributed by atoms with van der Waals surface area (Å²) >= 11 is 0. The van der Waals surface area contributed by atoms with Gasteiger partial charge in [-0.25, -0.2) is 9.59 Å². The number of allylic oxidation sites excluding steroid dienone is 2. The fourth-order valence-electron chi connectivity index (χ4n) is 1.08. The Labute approximate surface area is 95.3 Å². The van der Waals surface area contributed by atoms with Gasteiger partial charge in [-0.1, -0.05) is 38.8 Å². The lowest BCUT2D eigenvalue weighted by Gasteiger charge is -2.07. The predicted octanol–water partition coefficient (Wildman–Crippen LogP) is 2.61. The topological polar surface area (TPSA) is 74.6 Å². The van der Waals surface area contributed by atoms with E-state index in [-0.39, 0.29) is 11.1 Å². The van der Waals surface area contributed by atoms with E-state index < -0.39 is 11.9 Å². The molecule has 4 nitrogen and oxygen atoms in total. The lowest BCUT2D eigenvalue weighted by atomic mass is 9.98. The molecule has 0 fully saturated rings. The second-order valence-corrected chi connectivity index (χ2v) is 3.42. The minimum atomic E-state index is -1.18. The number of carboxylic acids is 2. The zero-order valence-electron chi connectivity index (χ0n) is 9.69. The molecule has 0 aromatic rings. The Morgan fingerprint density at radius 3 is 1.50 bits per heavy atom. The lowest BCUT2D eigenvalue weighted by Crippen LogP contribution is -2.13. The van der Waals surface area contributed by atoms with Crippen molar-refractivity contribution < 1.29 is 19.8 Å². The normalized spacial score (nSPS) is 14.1. The maximum atomic E-state index is 10.5. The Kier molecular flexibility index (Phi) is 6.92. The second-order valence-electron chi connectivity index (χ2n) is 3.42. The highest BCUT2D eigenvalue weighted by atomic mass is 16.4. The van der Waals surface area contributed by atoms with E-state index in [9.17, 15) is 9.59 Å². The third kappa shape index (κ3) is 4.77. The first-order valence-electron chi connectivity index (χ1n) is 5.41. The van der Waals surface area contributed by atoms with E-state index in [1.54, 1.807) is 0 Å². The van der Waals surface area contributed by atoms with Crippen molar-refractivity contribution in [3.63, 3.8) is 0 Å². The molecule has 4 heteroatoms. The SMILES string of the molecule is CCCC.O=C(O)C1=CCCC=C1C(=O)O. The average Bonchev–Trinajstić information content (AvgIpc) is 2.29. The summed E-state index contributed by atoms with van der Waals surface area (Å²) in [7, 11) is 0. The monoisotopic (exact) mass is 226 g/mol. The van der Waals surface area contributed by atoms with Crippen molar-refractivity contribution in [2.24, 2.45) is 0 Å². The highest BCUT2D eigenvalue weighted by molar-refractivity contribution is 6.05. The predicted molar refractivity (Wildman–Crippen MR) is 61.3 cm³/mol. The smallest absolute Gasteiger partial charge is 0.336 e. The van der Waals surface area contributed by atoms with Crippen LogP contribution >= 0.6 is 0 Å². The molecule has 90 valence electrons. The molecule has 0 unspecified atom stereocenters. The van der Waals surface area contributed by atoms with Gasteiger partial charge in [0.05, 0.1) is 11.1 Å². The summed E-state index contributed by atoms with van der Waals surface area (Å²) in [5.74, 6) is -2.35. The van der Waals surface area contributed by atoms with E-state index in [4.69, 9.17) is 10.2 Å². The van der Waals surface area contributed by atoms with Gasteiger partial charge in [0, 0.05) is 0 Å². The first-order valence-corrected chi connectivity index (χ1v) is 5.41. The van der Waals surface area contributed by atoms with Gasteiger partial charge in [-0.3, -0.25) is 0 Å². The number of hydrogen-bond acceptors (Lipinski definition) is 2. The summed E-state index contributed by atoms with van der Waals surface area (Å²) in [5.41, 5.74) is -0.206. The lowest BCUT2D eigenvalue weighted by molar-refractivity contribution is -0.136. The summed E-state index contributed by atoms with van der Waals surface area (Å²) < 4.78 is 0. The molecular weight excluding hydrogens is 208 g/mol. The standard InChI is InChI=1S/C8H8O4.C4H10/c9-7(10)5-3-1-2-4-6(5)8(11)12;1-3-4-2/h3-4H,1-2H2,(H,9,10)(H,11,12);3-4H2,1-2H3. The van der Waals surface area contributed by atoms with Crippen LogP contribution in [0.4, 0.5) is 0 Å². The fourth-order valence-corrected chi connectivity index (χ4v) is 1.08. The van der Waals surface area contributed by atoms with Gasteiger partial charge in [-0.05, 0) is 12.8 Å². The molecule has 0 saturated heterocycles. The van der Waals surface area contributed by atoms with Gasteiger partial charge in [-0.15, -0.1) is 0 Å². The molecule has 0 amide bonds. The highest BCUT2D eigenvalue weighted by Gasteiger charge is 2.20. The summed E-state index contributed by atoms with van der Waals surface area (Å²) in [4.78, 5) is 21.0. The maximum Gasteiger partial charge on any atom is 0.336 e. The van der Waals surface area contributed by atoms with Crippen molar-refractivity contribution in [3.05, 3.63) is 23.3 Å². The van der Waals surface area contributed by atoms with Crippen molar-refractivity contribution in [2.45, 2.75) is 39.5 Å². The van der Waals surface area contributed by atoms with E-state index in [0.717, 1.165) is 0 Å². The zero-order valence-corrected chi connectivity index (χ0v) is 9.69. The summed E-state index contributed by atoms with van der Waals surface area (Å²) in [6.07, 6.45) is 6.70. The molecule has 0 bridgehead atoms. The Bertz CT molecular complexity index is 281. The van der Waals surface area contributed by atoms with Gasteiger partial charge in [0.1, 0.15) is 0 Å². The van der Waals surface area contributed by atoms with E-state index in [1.807, 2.05) is 0 Å². The molecule has 0 atom stereocenters. The van der Waals surface area contributed by atoms with E-state index in [0.29, 0.717) is 12.8 Å². The Morgan fingerprint density at radius 1 is 1.00 bits per heavy atom. The van der Waals surface area contributed by atoms with Gasteiger partial charge < -0.3 is 10.2 Å². The molecule has 0 aromatic heterocycles. The quantitative estimate of drug-likeness (QED) is 0.775. The minimum Gasteiger partial charge on any atom is -0.478 e. The fraction of sp³-hybridized carbons (Fsp3) is 0.500. The molecule has 1 aliphatic rings. The molecule has 0 saturated carbocycles. The number of carbonyl (C=O) groups is 2. The van der Waals surface area contributed by atoms with Crippen LogP contribution < -0.4 is 0 Å². The largest absolute Gasteiger partial charge is 0.478 e. The number of aliphatic carboxylic acids is 2. The van der Waals surface area contributed by atoms with Crippen LogP contribution in [0.2, 0.25) is 0 Å². The third-order valence-electron chi connectivity index (χ3n) is 2.11. The van der Waals surface area contributed by atoms with Crippen molar-refractivity contribution in [1.29, 1.82) is 0 Å². The molecule has 1 aliphatic carbocycles. The van der Waals surface area contributed by atoms with Crippen molar-refractivity contribution in [2.75, 3.05) is 0 Å². The van der Waals surface area contributed by atoms with Crippen LogP contribution in [0.5, 0.6) is 0 Å². The number of carboxylic acid groups (broad SMARTS) is 2. The first kappa shape index (κ1) is 14.4. The van der Waals surface area contributed by atoms with E-state index in [1.165, 1.54) is 25.0 Å². The van der Waals surface area contributed by atoms with E-state index >= 15 is 0 Å². The number of unbranched alkanes of at least 4 members (excludes halogenated alkanes) is 1. The Hall–Kier alpha value is -1.58. The van der Waals surface area contributed by atoms with Crippen LogP contribution in [0.1, 0.15) is 39.5 Å². The molecule has 0 aliphatic heterocycles. The first-order chi connectivity index (χ1) is 7.54. The van der Waals surface area contributed by atoms with Crippen molar-refractivity contribution in [1.82, 2.24) is 0 Å². The minimum absolute atomic E-state index is 0.103. The highest BCUT2D eigenvalue weighted by Crippen LogP contribution is 2.18. The van der Waals surface area contributed by atoms with Crippen LogP contribution in [0.15, 0.2) is 23.3 Å². The molecule has 1 rings (SSSR count). The summed E-state index contributed by atoms with van der Waals surface area (Å²) in [5, 5.41) is 17.2. The van der Waals surface area contributed by atoms with Crippen LogP contribution in [0, 0.1) is 0 Å². The Morgan fingerprint density at radius 2 is 1.31 bits per heavy atom. The second kappa shape index (κ2) is 7.68. The summed E-state index contributed by atoms with van der Waals surface area (Å²) in [6.45, 7) is 4.36. The van der Waals surface area contributed by atoms with Gasteiger partial charge in [-0.2, -0.15) is 0 Å². The zero-order chi connectivity index (χ0) is 12.6. The van der Waals surface area contributed by atoms with Gasteiger partial charge in [0.2, 0.25) is 0 Å². The molecule has 0 heterocycles.